The van der Waals surface area contributed by atoms with Gasteiger partial charge in [0.2, 0.25) is 5.69 Å². The Morgan fingerprint density at radius 3 is 2.82 bits per heavy atom. The molecule has 22 heavy (non-hydrogen) atoms. The van der Waals surface area contributed by atoms with Gasteiger partial charge in [0.15, 0.2) is 6.20 Å². The molecule has 0 fully saturated rings. The molecule has 0 amide bonds. The molecule has 1 aliphatic rings. The van der Waals surface area contributed by atoms with Gasteiger partial charge in [-0.15, -0.1) is 0 Å². The number of benzene rings is 2. The van der Waals surface area contributed by atoms with Gasteiger partial charge in [0.25, 0.3) is 0 Å². The summed E-state index contributed by atoms with van der Waals surface area (Å²) in [5, 5.41) is 0. The van der Waals surface area contributed by atoms with E-state index in [1.807, 2.05) is 43.7 Å². The van der Waals surface area contributed by atoms with Crippen LogP contribution in [-0.4, -0.2) is 4.98 Å². The van der Waals surface area contributed by atoms with Crippen LogP contribution in [0.2, 0.25) is 0 Å². The smallest absolute Gasteiger partial charge is 0.232 e. The normalized spacial score (nSPS) is 12.3. The van der Waals surface area contributed by atoms with Gasteiger partial charge >= 0.3 is 0 Å². The molecule has 4 rings (SSSR count). The molecule has 0 bridgehead atoms. The Hall–Kier alpha value is -2.33. The van der Waals surface area contributed by atoms with Gasteiger partial charge in [-0.3, -0.25) is 4.98 Å². The molecule has 0 radical (unpaired) electrons. The molecule has 0 saturated heterocycles. The first-order valence-corrected chi connectivity index (χ1v) is 7.94. The van der Waals surface area contributed by atoms with Crippen molar-refractivity contribution in [2.75, 3.05) is 0 Å². The molecule has 1 aromatic heterocycles. The number of para-hydroxylation sites is 1. The van der Waals surface area contributed by atoms with Crippen molar-refractivity contribution < 1.29 is 9.30 Å². The zero-order chi connectivity index (χ0) is 15.1. The molecule has 4 heteroatoms. The first kappa shape index (κ1) is 13.3. The van der Waals surface area contributed by atoms with Gasteiger partial charge in [0, 0.05) is 0 Å². The lowest BCUT2D eigenvalue weighted by atomic mass is 10.0. The van der Waals surface area contributed by atoms with E-state index < -0.39 is 0 Å². The van der Waals surface area contributed by atoms with Crippen LogP contribution in [0.1, 0.15) is 5.56 Å². The summed E-state index contributed by atoms with van der Waals surface area (Å²) in [4.78, 5) is 6.59. The van der Waals surface area contributed by atoms with E-state index in [0.717, 1.165) is 27.0 Å². The fourth-order valence-corrected chi connectivity index (χ4v) is 3.83. The van der Waals surface area contributed by atoms with Crippen LogP contribution in [0.5, 0.6) is 11.5 Å². The second-order valence-corrected chi connectivity index (χ2v) is 6.36. The van der Waals surface area contributed by atoms with E-state index in [4.69, 9.17) is 4.74 Å². The molecule has 0 unspecified atom stereocenters. The Kier molecular flexibility index (Phi) is 3.12. The second kappa shape index (κ2) is 5.14. The molecule has 108 valence electrons. The average Bonchev–Trinajstić information content (AvgIpc) is 2.54. The van der Waals surface area contributed by atoms with Crippen LogP contribution in [0.25, 0.3) is 11.3 Å². The molecule has 0 N–H and O–H groups in total. The minimum Gasteiger partial charge on any atom is -0.455 e. The van der Waals surface area contributed by atoms with E-state index in [1.165, 1.54) is 11.1 Å². The lowest BCUT2D eigenvalue weighted by molar-refractivity contribution is -0.661. The summed E-state index contributed by atoms with van der Waals surface area (Å²) < 4.78 is 8.18. The Balaban J connectivity index is 1.94. The van der Waals surface area contributed by atoms with Crippen molar-refractivity contribution >= 4 is 11.8 Å². The van der Waals surface area contributed by atoms with Gasteiger partial charge in [-0.25, -0.2) is 0 Å². The summed E-state index contributed by atoms with van der Waals surface area (Å²) in [5.41, 5.74) is 3.50. The molecule has 1 aliphatic heterocycles. The fourth-order valence-electron chi connectivity index (χ4n) is 2.67. The van der Waals surface area contributed by atoms with E-state index in [9.17, 15) is 0 Å². The van der Waals surface area contributed by atoms with Crippen LogP contribution in [0.4, 0.5) is 0 Å². The molecule has 3 nitrogen and oxygen atoms in total. The van der Waals surface area contributed by atoms with E-state index in [-0.39, 0.29) is 0 Å². The number of hydrogen-bond acceptors (Lipinski definition) is 3. The van der Waals surface area contributed by atoms with Crippen molar-refractivity contribution in [2.45, 2.75) is 16.7 Å². The van der Waals surface area contributed by atoms with Crippen LogP contribution in [0, 0.1) is 6.92 Å². The zero-order valence-electron chi connectivity index (χ0n) is 12.4. The molecule has 2 heterocycles. The summed E-state index contributed by atoms with van der Waals surface area (Å²) in [6.45, 7) is 2.13. The monoisotopic (exact) mass is 307 g/mol. The SMILES string of the molecule is Cc1ccc2c(c1-c1cncc[n+]1C)Sc1ccccc1O2. The van der Waals surface area contributed by atoms with Gasteiger partial charge in [0.1, 0.15) is 18.5 Å². The first-order chi connectivity index (χ1) is 10.7. The Labute approximate surface area is 133 Å². The Bertz CT molecular complexity index is 877. The van der Waals surface area contributed by atoms with Crippen LogP contribution < -0.4 is 9.30 Å². The maximum absolute atomic E-state index is 6.08. The highest BCUT2D eigenvalue weighted by Gasteiger charge is 2.25. The third-order valence-corrected chi connectivity index (χ3v) is 4.99. The van der Waals surface area contributed by atoms with Crippen molar-refractivity contribution in [3.63, 3.8) is 0 Å². The number of fused-ring (bicyclic) bond motifs is 2. The molecule has 3 aromatic rings. The first-order valence-electron chi connectivity index (χ1n) is 7.12. The third kappa shape index (κ3) is 2.07. The van der Waals surface area contributed by atoms with Crippen LogP contribution >= 0.6 is 11.8 Å². The molecule has 0 saturated carbocycles. The van der Waals surface area contributed by atoms with Gasteiger partial charge < -0.3 is 4.74 Å². The zero-order valence-corrected chi connectivity index (χ0v) is 13.2. The van der Waals surface area contributed by atoms with Crippen molar-refractivity contribution in [1.82, 2.24) is 4.98 Å². The molecule has 2 aromatic carbocycles. The van der Waals surface area contributed by atoms with Crippen molar-refractivity contribution in [3.05, 3.63) is 60.6 Å². The fraction of sp³-hybridized carbons (Fsp3) is 0.111. The molecule has 0 aliphatic carbocycles. The summed E-state index contributed by atoms with van der Waals surface area (Å²) in [7, 11) is 2.04. The Morgan fingerprint density at radius 2 is 1.95 bits per heavy atom. The van der Waals surface area contributed by atoms with Crippen molar-refractivity contribution in [2.24, 2.45) is 7.05 Å². The van der Waals surface area contributed by atoms with Gasteiger partial charge in [-0.2, -0.15) is 4.57 Å². The van der Waals surface area contributed by atoms with E-state index in [1.54, 1.807) is 18.0 Å². The summed E-state index contributed by atoms with van der Waals surface area (Å²) in [6.07, 6.45) is 5.67. The summed E-state index contributed by atoms with van der Waals surface area (Å²) >= 11 is 1.76. The summed E-state index contributed by atoms with van der Waals surface area (Å²) in [5.74, 6) is 1.83. The van der Waals surface area contributed by atoms with Gasteiger partial charge in [-0.05, 0) is 30.7 Å². The minimum atomic E-state index is 0.910. The number of rotatable bonds is 1. The van der Waals surface area contributed by atoms with E-state index in [2.05, 4.69) is 28.6 Å². The average molecular weight is 307 g/mol. The number of ether oxygens (including phenoxy) is 1. The van der Waals surface area contributed by atoms with Crippen LogP contribution in [0.15, 0.2) is 64.8 Å². The second-order valence-electron chi connectivity index (χ2n) is 5.31. The van der Waals surface area contributed by atoms with E-state index >= 15 is 0 Å². The number of aryl methyl sites for hydroxylation is 2. The topological polar surface area (TPSA) is 26.0 Å². The highest BCUT2D eigenvalue weighted by molar-refractivity contribution is 7.99. The number of nitrogens with zero attached hydrogens (tertiary/aromatic N) is 2. The molecular formula is C18H15N2OS+. The highest BCUT2D eigenvalue weighted by Crippen LogP contribution is 2.50. The quantitative estimate of drug-likeness (QED) is 0.494. The van der Waals surface area contributed by atoms with Crippen molar-refractivity contribution in [1.29, 1.82) is 0 Å². The van der Waals surface area contributed by atoms with Crippen LogP contribution in [-0.2, 0) is 7.05 Å². The molecular weight excluding hydrogens is 292 g/mol. The minimum absolute atomic E-state index is 0.910. The van der Waals surface area contributed by atoms with Crippen molar-refractivity contribution in [3.8, 4) is 22.8 Å². The molecule has 0 atom stereocenters. The van der Waals surface area contributed by atoms with Crippen LogP contribution in [0.3, 0.4) is 0 Å². The predicted octanol–water partition coefficient (Wildman–Crippen LogP) is 4.14. The predicted molar refractivity (Wildman–Crippen MR) is 86.2 cm³/mol. The lowest BCUT2D eigenvalue weighted by Crippen LogP contribution is -2.31. The number of hydrogen-bond donors (Lipinski definition) is 0. The van der Waals surface area contributed by atoms with Gasteiger partial charge in [0.05, 0.1) is 27.7 Å². The van der Waals surface area contributed by atoms with E-state index in [0.29, 0.717) is 0 Å². The Morgan fingerprint density at radius 1 is 1.09 bits per heavy atom. The number of aromatic nitrogens is 2. The molecule has 0 spiro atoms. The summed E-state index contributed by atoms with van der Waals surface area (Å²) in [6, 6.07) is 12.3. The standard InChI is InChI=1S/C18H15N2OS/c1-12-7-8-15-18(17(12)13-11-19-9-10-20(13)2)22-16-6-4-3-5-14(16)21-15/h3-11H,1-2H3/q+1. The van der Waals surface area contributed by atoms with Gasteiger partial charge in [-0.1, -0.05) is 30.0 Å². The largest absolute Gasteiger partial charge is 0.455 e. The highest BCUT2D eigenvalue weighted by atomic mass is 32.2. The lowest BCUT2D eigenvalue weighted by Gasteiger charge is -2.22. The maximum atomic E-state index is 6.08. The third-order valence-electron chi connectivity index (χ3n) is 3.82. The maximum Gasteiger partial charge on any atom is 0.232 e.